The molecule has 0 N–H and O–H groups in total. The summed E-state index contributed by atoms with van der Waals surface area (Å²) in [5.41, 5.74) is 5.27. The molecule has 33 heavy (non-hydrogen) atoms. The topological polar surface area (TPSA) is 48.0 Å². The molecule has 160 valence electrons. The molecule has 0 amide bonds. The van der Waals surface area contributed by atoms with E-state index >= 15 is 0 Å². The molecule has 5 aromatic rings. The van der Waals surface area contributed by atoms with Gasteiger partial charge in [0.25, 0.3) is 0 Å². The average Bonchev–Trinajstić information content (AvgIpc) is 3.50. The van der Waals surface area contributed by atoms with Crippen LogP contribution in [0.1, 0.15) is 21.7 Å². The van der Waals surface area contributed by atoms with Gasteiger partial charge in [-0.2, -0.15) is 5.10 Å². The van der Waals surface area contributed by atoms with Crippen molar-refractivity contribution in [1.82, 2.24) is 9.78 Å². The van der Waals surface area contributed by atoms with Crippen molar-refractivity contribution in [2.75, 3.05) is 0 Å². The van der Waals surface area contributed by atoms with Crippen LogP contribution in [0.4, 0.5) is 0 Å². The highest BCUT2D eigenvalue weighted by Crippen LogP contribution is 2.27. The first-order valence-corrected chi connectivity index (χ1v) is 10.8. The lowest BCUT2D eigenvalue weighted by Crippen LogP contribution is -1.94. The molecule has 0 fully saturated rings. The molecule has 0 aliphatic rings. The Labute approximate surface area is 192 Å². The van der Waals surface area contributed by atoms with E-state index < -0.39 is 0 Å². The zero-order chi connectivity index (χ0) is 22.6. The number of carbonyl (C=O) groups excluding carboxylic acids is 1. The first-order valence-electron chi connectivity index (χ1n) is 10.8. The number of nitrogens with zero attached hydrogens (tertiary/aromatic N) is 2. The van der Waals surface area contributed by atoms with Crippen molar-refractivity contribution in [2.45, 2.75) is 6.92 Å². The number of hydrogen-bond donors (Lipinski definition) is 0. The van der Waals surface area contributed by atoms with E-state index in [0.29, 0.717) is 17.0 Å². The summed E-state index contributed by atoms with van der Waals surface area (Å²) in [7, 11) is 0. The Morgan fingerprint density at radius 2 is 1.48 bits per heavy atom. The fraction of sp³-hybridized carbons (Fsp3) is 0.0345. The van der Waals surface area contributed by atoms with Gasteiger partial charge < -0.3 is 4.42 Å². The molecular formula is C29H22N2O2. The maximum atomic E-state index is 12.9. The van der Waals surface area contributed by atoms with Gasteiger partial charge in [0.15, 0.2) is 11.5 Å². The Bertz CT molecular complexity index is 1410. The van der Waals surface area contributed by atoms with Gasteiger partial charge >= 0.3 is 0 Å². The van der Waals surface area contributed by atoms with Gasteiger partial charge in [0, 0.05) is 17.3 Å². The van der Waals surface area contributed by atoms with E-state index in [4.69, 9.17) is 9.52 Å². The molecule has 0 radical (unpaired) electrons. The van der Waals surface area contributed by atoms with E-state index in [0.717, 1.165) is 28.1 Å². The van der Waals surface area contributed by atoms with Crippen molar-refractivity contribution in [3.63, 3.8) is 0 Å². The predicted octanol–water partition coefficient (Wildman–Crippen LogP) is 7.00. The van der Waals surface area contributed by atoms with E-state index in [1.807, 2.05) is 98.0 Å². The second-order valence-electron chi connectivity index (χ2n) is 7.76. The van der Waals surface area contributed by atoms with Crippen LogP contribution in [0.15, 0.2) is 114 Å². The summed E-state index contributed by atoms with van der Waals surface area (Å²) in [6.45, 7) is 1.90. The zero-order valence-electron chi connectivity index (χ0n) is 18.2. The number of carbonyl (C=O) groups is 1. The fourth-order valence-electron chi connectivity index (χ4n) is 3.69. The minimum atomic E-state index is -0.0661. The molecular weight excluding hydrogens is 408 g/mol. The number of hydrogen-bond acceptors (Lipinski definition) is 3. The second-order valence-corrected chi connectivity index (χ2v) is 7.76. The minimum Gasteiger partial charge on any atom is -0.460 e. The van der Waals surface area contributed by atoms with Crippen LogP contribution in [0.25, 0.3) is 34.3 Å². The molecule has 0 saturated heterocycles. The number of para-hydroxylation sites is 1. The highest BCUT2D eigenvalue weighted by molar-refractivity contribution is 6.07. The lowest BCUT2D eigenvalue weighted by molar-refractivity contribution is 0.104. The summed E-state index contributed by atoms with van der Waals surface area (Å²) in [5, 5.41) is 4.72. The summed E-state index contributed by atoms with van der Waals surface area (Å²) < 4.78 is 7.61. The van der Waals surface area contributed by atoms with Gasteiger partial charge in [-0.15, -0.1) is 0 Å². The summed E-state index contributed by atoms with van der Waals surface area (Å²) in [4.78, 5) is 12.9. The van der Waals surface area contributed by atoms with Crippen LogP contribution in [-0.2, 0) is 0 Å². The smallest absolute Gasteiger partial charge is 0.185 e. The Balaban J connectivity index is 1.43. The normalized spacial score (nSPS) is 11.2. The number of allylic oxidation sites excluding steroid dienone is 1. The first kappa shape index (κ1) is 20.5. The molecule has 3 aromatic carbocycles. The van der Waals surface area contributed by atoms with Gasteiger partial charge in [-0.25, -0.2) is 4.68 Å². The molecule has 5 rings (SSSR count). The van der Waals surface area contributed by atoms with Crippen molar-refractivity contribution in [1.29, 1.82) is 0 Å². The Morgan fingerprint density at radius 1 is 0.818 bits per heavy atom. The maximum absolute atomic E-state index is 12.9. The van der Waals surface area contributed by atoms with Gasteiger partial charge in [0.1, 0.15) is 11.5 Å². The molecule has 0 bridgehead atoms. The van der Waals surface area contributed by atoms with Crippen molar-refractivity contribution in [3.8, 4) is 28.3 Å². The SMILES string of the molecule is Cc1ccc(-c2nn(-c3ccccc3)cc2C=CC(=O)c2ccc(-c3ccccc3)cc2)o1. The third-order valence-electron chi connectivity index (χ3n) is 5.43. The predicted molar refractivity (Wildman–Crippen MR) is 131 cm³/mol. The molecule has 2 heterocycles. The number of benzene rings is 3. The van der Waals surface area contributed by atoms with Crippen LogP contribution in [-0.4, -0.2) is 15.6 Å². The average molecular weight is 431 g/mol. The molecule has 0 spiro atoms. The second kappa shape index (κ2) is 8.97. The summed E-state index contributed by atoms with van der Waals surface area (Å²) >= 11 is 0. The van der Waals surface area contributed by atoms with Gasteiger partial charge in [-0.05, 0) is 54.5 Å². The zero-order valence-corrected chi connectivity index (χ0v) is 18.2. The fourth-order valence-corrected chi connectivity index (χ4v) is 3.69. The Morgan fingerprint density at radius 3 is 2.15 bits per heavy atom. The highest BCUT2D eigenvalue weighted by atomic mass is 16.3. The van der Waals surface area contributed by atoms with Crippen molar-refractivity contribution in [3.05, 3.63) is 126 Å². The third-order valence-corrected chi connectivity index (χ3v) is 5.43. The van der Waals surface area contributed by atoms with Gasteiger partial charge in [-0.1, -0.05) is 72.8 Å². The van der Waals surface area contributed by atoms with E-state index in [9.17, 15) is 4.79 Å². The van der Waals surface area contributed by atoms with Crippen molar-refractivity contribution in [2.24, 2.45) is 0 Å². The summed E-state index contributed by atoms with van der Waals surface area (Å²) in [6, 6.07) is 31.4. The van der Waals surface area contributed by atoms with Crippen LogP contribution in [0.3, 0.4) is 0 Å². The molecule has 2 aromatic heterocycles. The standard InChI is InChI=1S/C29H22N2O2/c1-21-12-19-28(33-21)29-25(20-31(30-29)26-10-6-3-7-11-26)17-18-27(32)24-15-13-23(14-16-24)22-8-4-2-5-9-22/h2-20H,1H3. The lowest BCUT2D eigenvalue weighted by Gasteiger charge is -2.02. The van der Waals surface area contributed by atoms with Gasteiger partial charge in [0.05, 0.1) is 5.69 Å². The van der Waals surface area contributed by atoms with Crippen LogP contribution < -0.4 is 0 Å². The molecule has 0 atom stereocenters. The summed E-state index contributed by atoms with van der Waals surface area (Å²) in [5.74, 6) is 1.41. The molecule has 0 saturated carbocycles. The molecule has 0 aliphatic carbocycles. The number of aromatic nitrogens is 2. The number of ketones is 1. The van der Waals surface area contributed by atoms with Crippen molar-refractivity contribution >= 4 is 11.9 Å². The van der Waals surface area contributed by atoms with Crippen LogP contribution >= 0.6 is 0 Å². The van der Waals surface area contributed by atoms with Gasteiger partial charge in [-0.3, -0.25) is 4.79 Å². The van der Waals surface area contributed by atoms with Crippen LogP contribution in [0.5, 0.6) is 0 Å². The quantitative estimate of drug-likeness (QED) is 0.215. The maximum Gasteiger partial charge on any atom is 0.185 e. The minimum absolute atomic E-state index is 0.0661. The van der Waals surface area contributed by atoms with Gasteiger partial charge in [0.2, 0.25) is 0 Å². The number of furan rings is 1. The first-order chi connectivity index (χ1) is 16.2. The molecule has 4 nitrogen and oxygen atoms in total. The highest BCUT2D eigenvalue weighted by Gasteiger charge is 2.14. The molecule has 0 aliphatic heterocycles. The van der Waals surface area contributed by atoms with E-state index in [2.05, 4.69) is 12.1 Å². The van der Waals surface area contributed by atoms with E-state index in [1.165, 1.54) is 0 Å². The van der Waals surface area contributed by atoms with Crippen LogP contribution in [0.2, 0.25) is 0 Å². The number of aryl methyl sites for hydroxylation is 1. The largest absolute Gasteiger partial charge is 0.460 e. The monoisotopic (exact) mass is 430 g/mol. The Kier molecular flexibility index (Phi) is 5.56. The molecule has 4 heteroatoms. The Hall–Kier alpha value is -4.44. The van der Waals surface area contributed by atoms with E-state index in [1.54, 1.807) is 16.8 Å². The third kappa shape index (κ3) is 4.46. The van der Waals surface area contributed by atoms with Crippen LogP contribution in [0, 0.1) is 6.92 Å². The summed E-state index contributed by atoms with van der Waals surface area (Å²) in [6.07, 6.45) is 5.29. The van der Waals surface area contributed by atoms with Crippen molar-refractivity contribution < 1.29 is 9.21 Å². The lowest BCUT2D eigenvalue weighted by atomic mass is 10.0. The molecule has 0 unspecified atom stereocenters. The van der Waals surface area contributed by atoms with E-state index in [-0.39, 0.29) is 5.78 Å². The number of rotatable bonds is 6.